The van der Waals surface area contributed by atoms with Gasteiger partial charge in [-0.1, -0.05) is 12.1 Å². The van der Waals surface area contributed by atoms with E-state index >= 15 is 0 Å². The van der Waals surface area contributed by atoms with Crippen molar-refractivity contribution in [1.82, 2.24) is 0 Å². The summed E-state index contributed by atoms with van der Waals surface area (Å²) in [5.41, 5.74) is -0.116. The highest BCUT2D eigenvalue weighted by Gasteiger charge is 2.22. The molecular weight excluding hydrogens is 416 g/mol. The van der Waals surface area contributed by atoms with Gasteiger partial charge in [-0.3, -0.25) is 4.79 Å². The van der Waals surface area contributed by atoms with Crippen LogP contribution in [0.1, 0.15) is 5.76 Å². The van der Waals surface area contributed by atoms with Gasteiger partial charge < -0.3 is 18.0 Å². The fourth-order valence-corrected chi connectivity index (χ4v) is 2.79. The molecule has 0 amide bonds. The molecule has 3 aromatic heterocycles. The number of rotatable bonds is 4. The van der Waals surface area contributed by atoms with Crippen molar-refractivity contribution in [3.05, 3.63) is 81.5 Å². The summed E-state index contributed by atoms with van der Waals surface area (Å²) in [5.74, 6) is -0.232. The van der Waals surface area contributed by atoms with E-state index in [1.54, 1.807) is 48.5 Å². The molecule has 0 fully saturated rings. The molecule has 0 aliphatic heterocycles. The molecule has 0 aliphatic rings. The lowest BCUT2D eigenvalue weighted by atomic mass is 10.2. The van der Waals surface area contributed by atoms with Crippen molar-refractivity contribution >= 4 is 38.9 Å². The van der Waals surface area contributed by atoms with Crippen LogP contribution in [0.15, 0.2) is 83.6 Å². The predicted octanol–water partition coefficient (Wildman–Crippen LogP) is 5.03. The Bertz CT molecular complexity index is 1200. The highest BCUT2D eigenvalue weighted by atomic mass is 79.9. The molecule has 0 N–H and O–H groups in total. The normalized spacial score (nSPS) is 11.3. The summed E-state index contributed by atoms with van der Waals surface area (Å²) in [6.07, 6.45) is 4.08. The van der Waals surface area contributed by atoms with E-state index in [9.17, 15) is 9.59 Å². The Hall–Kier alpha value is -3.32. The van der Waals surface area contributed by atoms with Gasteiger partial charge in [0, 0.05) is 6.08 Å². The van der Waals surface area contributed by atoms with Gasteiger partial charge in [-0.25, -0.2) is 4.79 Å². The van der Waals surface area contributed by atoms with Crippen molar-refractivity contribution in [2.24, 2.45) is 0 Å². The van der Waals surface area contributed by atoms with Gasteiger partial charge in [-0.15, -0.1) is 0 Å². The number of ether oxygens (including phenoxy) is 1. The third-order valence-corrected chi connectivity index (χ3v) is 4.11. The van der Waals surface area contributed by atoms with Crippen LogP contribution in [-0.4, -0.2) is 5.97 Å². The molecule has 0 saturated carbocycles. The molecule has 0 bridgehead atoms. The Labute approximate surface area is 160 Å². The van der Waals surface area contributed by atoms with Crippen LogP contribution in [0.25, 0.3) is 28.6 Å². The largest absolute Gasteiger partial charge is 0.465 e. The first-order valence-electron chi connectivity index (χ1n) is 7.87. The van der Waals surface area contributed by atoms with Crippen molar-refractivity contribution in [3.8, 4) is 17.3 Å². The highest BCUT2D eigenvalue weighted by Crippen LogP contribution is 2.33. The van der Waals surface area contributed by atoms with Gasteiger partial charge in [0.25, 0.3) is 0 Å². The minimum absolute atomic E-state index is 0.0316. The average Bonchev–Trinajstić information content (AvgIpc) is 3.34. The number of hydrogen-bond donors (Lipinski definition) is 0. The van der Waals surface area contributed by atoms with Crippen LogP contribution in [-0.2, 0) is 4.79 Å². The maximum Gasteiger partial charge on any atom is 0.336 e. The third kappa shape index (κ3) is 3.50. The lowest BCUT2D eigenvalue weighted by molar-refractivity contribution is -0.129. The van der Waals surface area contributed by atoms with Gasteiger partial charge >= 0.3 is 5.97 Å². The standard InChI is InChI=1S/C20H11BrO6/c21-16-9-8-15(25-16)19-20(18(23)13-5-1-2-6-14(13)26-19)27-17(22)10-7-12-4-3-11-24-12/h1-11H. The number of fused-ring (bicyclic) bond motifs is 1. The molecule has 7 heteroatoms. The quantitative estimate of drug-likeness (QED) is 0.336. The third-order valence-electron chi connectivity index (χ3n) is 3.68. The molecule has 1 aromatic carbocycles. The van der Waals surface area contributed by atoms with Crippen LogP contribution in [0.5, 0.6) is 5.75 Å². The van der Waals surface area contributed by atoms with Crippen LogP contribution in [0.4, 0.5) is 0 Å². The number of carbonyl (C=O) groups excluding carboxylic acids is 1. The van der Waals surface area contributed by atoms with E-state index in [0.29, 0.717) is 21.4 Å². The van der Waals surface area contributed by atoms with Crippen LogP contribution < -0.4 is 10.2 Å². The molecule has 0 unspecified atom stereocenters. The molecule has 4 rings (SSSR count). The fraction of sp³-hybridized carbons (Fsp3) is 0. The topological polar surface area (TPSA) is 82.8 Å². The molecule has 0 spiro atoms. The van der Waals surface area contributed by atoms with Crippen LogP contribution >= 0.6 is 15.9 Å². The molecule has 0 atom stereocenters. The number of benzene rings is 1. The summed E-state index contributed by atoms with van der Waals surface area (Å²) in [4.78, 5) is 25.1. The smallest absolute Gasteiger partial charge is 0.336 e. The van der Waals surface area contributed by atoms with Crippen molar-refractivity contribution in [3.63, 3.8) is 0 Å². The Morgan fingerprint density at radius 1 is 1.04 bits per heavy atom. The zero-order valence-electron chi connectivity index (χ0n) is 13.7. The fourth-order valence-electron chi connectivity index (χ4n) is 2.49. The first-order chi connectivity index (χ1) is 13.1. The van der Waals surface area contributed by atoms with Gasteiger partial charge in [0.15, 0.2) is 10.4 Å². The molecule has 3 heterocycles. The monoisotopic (exact) mass is 426 g/mol. The van der Waals surface area contributed by atoms with Crippen LogP contribution in [0.3, 0.4) is 0 Å². The molecule has 0 saturated heterocycles. The first kappa shape index (κ1) is 17.1. The lowest BCUT2D eigenvalue weighted by Gasteiger charge is -2.07. The molecule has 0 radical (unpaired) electrons. The molecular formula is C20H11BrO6. The van der Waals surface area contributed by atoms with Crippen molar-refractivity contribution in [1.29, 1.82) is 0 Å². The number of esters is 1. The van der Waals surface area contributed by atoms with Crippen molar-refractivity contribution in [2.45, 2.75) is 0 Å². The van der Waals surface area contributed by atoms with E-state index < -0.39 is 11.4 Å². The maximum absolute atomic E-state index is 12.9. The zero-order chi connectivity index (χ0) is 18.8. The Kier molecular flexibility index (Phi) is 4.52. The van der Waals surface area contributed by atoms with Gasteiger partial charge in [0.2, 0.25) is 16.9 Å². The minimum atomic E-state index is -0.749. The molecule has 6 nitrogen and oxygen atoms in total. The number of carbonyl (C=O) groups is 1. The van der Waals surface area contributed by atoms with Crippen molar-refractivity contribution < 1.29 is 22.8 Å². The summed E-state index contributed by atoms with van der Waals surface area (Å²) in [5, 5.41) is 0.296. The number of halogens is 1. The molecule has 0 aliphatic carbocycles. The van der Waals surface area contributed by atoms with Crippen molar-refractivity contribution in [2.75, 3.05) is 0 Å². The van der Waals surface area contributed by atoms with Gasteiger partial charge in [-0.2, -0.15) is 0 Å². The van der Waals surface area contributed by atoms with Crippen LogP contribution in [0, 0.1) is 0 Å². The first-order valence-corrected chi connectivity index (χ1v) is 8.66. The van der Waals surface area contributed by atoms with E-state index in [-0.39, 0.29) is 17.3 Å². The highest BCUT2D eigenvalue weighted by molar-refractivity contribution is 9.10. The Balaban J connectivity index is 1.79. The average molecular weight is 427 g/mol. The lowest BCUT2D eigenvalue weighted by Crippen LogP contribution is -2.14. The summed E-state index contributed by atoms with van der Waals surface area (Å²) >= 11 is 3.20. The van der Waals surface area contributed by atoms with E-state index in [2.05, 4.69) is 15.9 Å². The Morgan fingerprint density at radius 3 is 2.63 bits per heavy atom. The molecule has 134 valence electrons. The number of hydrogen-bond acceptors (Lipinski definition) is 6. The Morgan fingerprint density at radius 2 is 1.89 bits per heavy atom. The van der Waals surface area contributed by atoms with E-state index in [4.69, 9.17) is 18.0 Å². The maximum atomic E-state index is 12.9. The van der Waals surface area contributed by atoms with Gasteiger partial charge in [0.1, 0.15) is 11.3 Å². The van der Waals surface area contributed by atoms with E-state index in [0.717, 1.165) is 6.08 Å². The molecule has 4 aromatic rings. The second-order valence-electron chi connectivity index (χ2n) is 5.46. The van der Waals surface area contributed by atoms with Crippen LogP contribution in [0.2, 0.25) is 0 Å². The number of furan rings is 2. The summed E-state index contributed by atoms with van der Waals surface area (Å²) < 4.78 is 22.1. The summed E-state index contributed by atoms with van der Waals surface area (Å²) in [7, 11) is 0. The SMILES string of the molecule is O=C(C=Cc1ccco1)Oc1c(-c2ccc(Br)o2)oc2ccccc2c1=O. The summed E-state index contributed by atoms with van der Waals surface area (Å²) in [6.45, 7) is 0. The molecule has 27 heavy (non-hydrogen) atoms. The summed E-state index contributed by atoms with van der Waals surface area (Å²) in [6, 6.07) is 13.3. The van der Waals surface area contributed by atoms with E-state index in [1.165, 1.54) is 12.3 Å². The minimum Gasteiger partial charge on any atom is -0.465 e. The predicted molar refractivity (Wildman–Crippen MR) is 101 cm³/mol. The second-order valence-corrected chi connectivity index (χ2v) is 6.24. The van der Waals surface area contributed by atoms with E-state index in [1.807, 2.05) is 0 Å². The van der Waals surface area contributed by atoms with Gasteiger partial charge in [0.05, 0.1) is 11.6 Å². The second kappa shape index (κ2) is 7.13. The van der Waals surface area contributed by atoms with Gasteiger partial charge in [-0.05, 0) is 58.4 Å². The zero-order valence-corrected chi connectivity index (χ0v) is 15.3. The number of para-hydroxylation sites is 1.